The van der Waals surface area contributed by atoms with E-state index >= 15 is 0 Å². The number of aromatic amines is 1. The Morgan fingerprint density at radius 3 is 2.79 bits per heavy atom. The molecule has 24 heavy (non-hydrogen) atoms. The molecule has 0 radical (unpaired) electrons. The van der Waals surface area contributed by atoms with Crippen LogP contribution in [0, 0.1) is 0 Å². The van der Waals surface area contributed by atoms with E-state index in [0.717, 1.165) is 16.7 Å². The van der Waals surface area contributed by atoms with Crippen molar-refractivity contribution in [2.75, 3.05) is 18.6 Å². The van der Waals surface area contributed by atoms with Crippen molar-refractivity contribution in [3.05, 3.63) is 36.8 Å². The zero-order chi connectivity index (χ0) is 16.7. The molecule has 8 nitrogen and oxygen atoms in total. The van der Waals surface area contributed by atoms with Crippen LogP contribution >= 0.6 is 0 Å². The Morgan fingerprint density at radius 1 is 1.17 bits per heavy atom. The van der Waals surface area contributed by atoms with Gasteiger partial charge in [0.1, 0.15) is 5.75 Å². The van der Waals surface area contributed by atoms with Gasteiger partial charge in [-0.2, -0.15) is 5.10 Å². The SMILES string of the molecule is COc1cc(-c2ncc(-c3cn[nH]c3)c3onc(N)c23)ccc1N. The quantitative estimate of drug-likeness (QED) is 0.494. The van der Waals surface area contributed by atoms with Crippen LogP contribution in [0.4, 0.5) is 11.5 Å². The fourth-order valence-electron chi connectivity index (χ4n) is 2.65. The molecular weight excluding hydrogens is 308 g/mol. The summed E-state index contributed by atoms with van der Waals surface area (Å²) in [5.41, 5.74) is 16.0. The number of aromatic nitrogens is 4. The van der Waals surface area contributed by atoms with Gasteiger partial charge in [-0.15, -0.1) is 0 Å². The molecule has 5 N–H and O–H groups in total. The third kappa shape index (κ3) is 2.04. The minimum Gasteiger partial charge on any atom is -0.495 e. The lowest BCUT2D eigenvalue weighted by Crippen LogP contribution is -1.95. The number of nitrogens with zero attached hydrogens (tertiary/aromatic N) is 3. The molecule has 1 aromatic carbocycles. The van der Waals surface area contributed by atoms with Crippen molar-refractivity contribution in [3.63, 3.8) is 0 Å². The van der Waals surface area contributed by atoms with Gasteiger partial charge in [0.2, 0.25) is 0 Å². The monoisotopic (exact) mass is 322 g/mol. The molecule has 0 spiro atoms. The van der Waals surface area contributed by atoms with Crippen molar-refractivity contribution in [2.45, 2.75) is 0 Å². The van der Waals surface area contributed by atoms with Crippen molar-refractivity contribution >= 4 is 22.5 Å². The Hall–Kier alpha value is -3.55. The van der Waals surface area contributed by atoms with Crippen molar-refractivity contribution in [3.8, 4) is 28.1 Å². The number of hydrogen-bond donors (Lipinski definition) is 3. The van der Waals surface area contributed by atoms with Gasteiger partial charge in [0, 0.05) is 29.1 Å². The largest absolute Gasteiger partial charge is 0.495 e. The number of pyridine rings is 1. The summed E-state index contributed by atoms with van der Waals surface area (Å²) < 4.78 is 10.7. The van der Waals surface area contributed by atoms with Crippen molar-refractivity contribution in [1.29, 1.82) is 0 Å². The number of nitrogens with one attached hydrogen (secondary N) is 1. The molecule has 0 bridgehead atoms. The van der Waals surface area contributed by atoms with E-state index in [0.29, 0.717) is 28.1 Å². The van der Waals surface area contributed by atoms with E-state index in [1.54, 1.807) is 37.8 Å². The summed E-state index contributed by atoms with van der Waals surface area (Å²) in [7, 11) is 1.56. The van der Waals surface area contributed by atoms with E-state index in [1.165, 1.54) is 0 Å². The Labute approximate surface area is 136 Å². The number of methoxy groups -OCH3 is 1. The molecule has 0 atom stereocenters. The summed E-state index contributed by atoms with van der Waals surface area (Å²) >= 11 is 0. The topological polar surface area (TPSA) is 129 Å². The number of benzene rings is 1. The number of anilines is 2. The number of H-pyrrole nitrogens is 1. The number of nitrogens with two attached hydrogens (primary N) is 2. The van der Waals surface area contributed by atoms with Crippen LogP contribution in [0.15, 0.2) is 41.3 Å². The summed E-state index contributed by atoms with van der Waals surface area (Å²) in [6.07, 6.45) is 5.14. The van der Waals surface area contributed by atoms with Gasteiger partial charge in [0.15, 0.2) is 11.4 Å². The van der Waals surface area contributed by atoms with Gasteiger partial charge in [0.25, 0.3) is 0 Å². The van der Waals surface area contributed by atoms with E-state index < -0.39 is 0 Å². The zero-order valence-electron chi connectivity index (χ0n) is 12.8. The van der Waals surface area contributed by atoms with Crippen LogP contribution < -0.4 is 16.2 Å². The Kier molecular flexibility index (Phi) is 3.09. The molecular formula is C16H14N6O2. The first-order valence-corrected chi connectivity index (χ1v) is 7.16. The van der Waals surface area contributed by atoms with Crippen LogP contribution in [0.3, 0.4) is 0 Å². The molecule has 120 valence electrons. The van der Waals surface area contributed by atoms with Gasteiger partial charge < -0.3 is 20.7 Å². The van der Waals surface area contributed by atoms with Gasteiger partial charge in [-0.25, -0.2) is 0 Å². The highest BCUT2D eigenvalue weighted by Gasteiger charge is 2.19. The van der Waals surface area contributed by atoms with E-state index in [9.17, 15) is 0 Å². The molecule has 4 aromatic rings. The molecule has 4 rings (SSSR count). The highest BCUT2D eigenvalue weighted by molar-refractivity contribution is 6.05. The molecule has 0 fully saturated rings. The average Bonchev–Trinajstić information content (AvgIpc) is 3.25. The smallest absolute Gasteiger partial charge is 0.180 e. The Morgan fingerprint density at radius 2 is 2.04 bits per heavy atom. The second-order valence-corrected chi connectivity index (χ2v) is 5.24. The van der Waals surface area contributed by atoms with Crippen molar-refractivity contribution in [1.82, 2.24) is 20.3 Å². The second kappa shape index (κ2) is 5.27. The number of hydrogen-bond acceptors (Lipinski definition) is 7. The average molecular weight is 322 g/mol. The maximum absolute atomic E-state index is 6.01. The van der Waals surface area contributed by atoms with Crippen LogP contribution in [0.2, 0.25) is 0 Å². The number of fused-ring (bicyclic) bond motifs is 1. The molecule has 0 amide bonds. The summed E-state index contributed by atoms with van der Waals surface area (Å²) in [6, 6.07) is 5.42. The lowest BCUT2D eigenvalue weighted by Gasteiger charge is -2.09. The molecule has 3 aromatic heterocycles. The molecule has 3 heterocycles. The van der Waals surface area contributed by atoms with Crippen molar-refractivity contribution < 1.29 is 9.26 Å². The first kappa shape index (κ1) is 14.1. The first-order chi connectivity index (χ1) is 11.7. The maximum Gasteiger partial charge on any atom is 0.180 e. The summed E-state index contributed by atoms with van der Waals surface area (Å²) in [5, 5.41) is 11.2. The third-order valence-corrected chi connectivity index (χ3v) is 3.84. The third-order valence-electron chi connectivity index (χ3n) is 3.84. The lowest BCUT2D eigenvalue weighted by molar-refractivity contribution is 0.417. The summed E-state index contributed by atoms with van der Waals surface area (Å²) in [6.45, 7) is 0. The lowest BCUT2D eigenvalue weighted by atomic mass is 10.0. The molecule has 0 saturated heterocycles. The molecule has 0 aliphatic carbocycles. The minimum absolute atomic E-state index is 0.272. The molecule has 0 aliphatic heterocycles. The van der Waals surface area contributed by atoms with Crippen LogP contribution in [0.1, 0.15) is 0 Å². The fraction of sp³-hybridized carbons (Fsp3) is 0.0625. The molecule has 0 saturated carbocycles. The zero-order valence-corrected chi connectivity index (χ0v) is 12.8. The van der Waals surface area contributed by atoms with Crippen LogP contribution in [-0.2, 0) is 0 Å². The molecule has 8 heteroatoms. The number of rotatable bonds is 3. The van der Waals surface area contributed by atoms with Gasteiger partial charge in [0.05, 0.1) is 30.1 Å². The fourth-order valence-corrected chi connectivity index (χ4v) is 2.65. The van der Waals surface area contributed by atoms with Gasteiger partial charge in [-0.1, -0.05) is 11.2 Å². The first-order valence-electron chi connectivity index (χ1n) is 7.16. The van der Waals surface area contributed by atoms with Gasteiger partial charge >= 0.3 is 0 Å². The highest BCUT2D eigenvalue weighted by Crippen LogP contribution is 2.38. The predicted molar refractivity (Wildman–Crippen MR) is 90.2 cm³/mol. The van der Waals surface area contributed by atoms with Crippen LogP contribution in [0.5, 0.6) is 5.75 Å². The standard InChI is InChI=1S/C16H14N6O2/c1-23-12-4-8(2-3-11(12)17)14-13-15(24-22-16(13)18)10(7-19-14)9-5-20-21-6-9/h2-7H,17H2,1H3,(H2,18,22)(H,20,21). The molecule has 0 aliphatic rings. The number of ether oxygens (including phenoxy) is 1. The minimum atomic E-state index is 0.272. The highest BCUT2D eigenvalue weighted by atomic mass is 16.5. The van der Waals surface area contributed by atoms with Crippen LogP contribution in [0.25, 0.3) is 33.4 Å². The van der Waals surface area contributed by atoms with E-state index in [-0.39, 0.29) is 5.82 Å². The van der Waals surface area contributed by atoms with E-state index in [1.807, 2.05) is 6.07 Å². The summed E-state index contributed by atoms with van der Waals surface area (Å²) in [5.74, 6) is 0.838. The Balaban J connectivity index is 1.98. The van der Waals surface area contributed by atoms with E-state index in [2.05, 4.69) is 20.3 Å². The second-order valence-electron chi connectivity index (χ2n) is 5.24. The van der Waals surface area contributed by atoms with Gasteiger partial charge in [-0.05, 0) is 12.1 Å². The maximum atomic E-state index is 6.01. The summed E-state index contributed by atoms with van der Waals surface area (Å²) in [4.78, 5) is 4.55. The number of nitrogen functional groups attached to an aromatic ring is 2. The van der Waals surface area contributed by atoms with Crippen molar-refractivity contribution in [2.24, 2.45) is 0 Å². The Bertz CT molecular complexity index is 1020. The van der Waals surface area contributed by atoms with Gasteiger partial charge in [-0.3, -0.25) is 10.1 Å². The normalized spacial score (nSPS) is 11.0. The van der Waals surface area contributed by atoms with E-state index in [4.69, 9.17) is 20.7 Å². The molecule has 0 unspecified atom stereocenters. The van der Waals surface area contributed by atoms with Crippen LogP contribution in [-0.4, -0.2) is 27.4 Å². The predicted octanol–water partition coefficient (Wildman–Crippen LogP) is 2.45.